The maximum absolute atomic E-state index is 6.31. The van der Waals surface area contributed by atoms with Crippen LogP contribution in [0.4, 0.5) is 0 Å². The number of ether oxygens (including phenoxy) is 2. The summed E-state index contributed by atoms with van der Waals surface area (Å²) in [6.07, 6.45) is 3.86. The van der Waals surface area contributed by atoms with Gasteiger partial charge in [0.15, 0.2) is 0 Å². The molecule has 1 aliphatic heterocycles. The Kier molecular flexibility index (Phi) is 4.40. The largest absolute Gasteiger partial charge is 0.488 e. The smallest absolute Gasteiger partial charge is 0.127 e. The lowest BCUT2D eigenvalue weighted by molar-refractivity contribution is 0.113. The van der Waals surface area contributed by atoms with Crippen molar-refractivity contribution >= 4 is 0 Å². The third-order valence-electron chi connectivity index (χ3n) is 5.18. The van der Waals surface area contributed by atoms with Gasteiger partial charge in [0.05, 0.1) is 0 Å². The maximum Gasteiger partial charge on any atom is 0.127 e. The third kappa shape index (κ3) is 2.93. The molecule has 0 aliphatic carbocycles. The first kappa shape index (κ1) is 16.6. The summed E-state index contributed by atoms with van der Waals surface area (Å²) in [5.41, 5.74) is 5.72. The molecule has 126 valence electrons. The number of hydrogen-bond donors (Lipinski definition) is 0. The van der Waals surface area contributed by atoms with Crippen molar-refractivity contribution in [1.29, 1.82) is 0 Å². The van der Waals surface area contributed by atoms with Gasteiger partial charge in [-0.15, -0.1) is 0 Å². The van der Waals surface area contributed by atoms with Gasteiger partial charge < -0.3 is 9.47 Å². The van der Waals surface area contributed by atoms with Gasteiger partial charge in [-0.25, -0.2) is 0 Å². The Balaban J connectivity index is 1.95. The molecule has 0 saturated carbocycles. The lowest BCUT2D eigenvalue weighted by Crippen LogP contribution is -2.34. The van der Waals surface area contributed by atoms with E-state index in [1.807, 2.05) is 24.3 Å². The Labute approximate surface area is 145 Å². The molecule has 0 fully saturated rings. The molecule has 2 aromatic rings. The van der Waals surface area contributed by atoms with Crippen molar-refractivity contribution in [3.8, 4) is 11.5 Å². The van der Waals surface area contributed by atoms with Gasteiger partial charge in [0.1, 0.15) is 23.7 Å². The average Bonchev–Trinajstić information content (AvgIpc) is 2.60. The van der Waals surface area contributed by atoms with Gasteiger partial charge in [-0.2, -0.15) is 0 Å². The quantitative estimate of drug-likeness (QED) is 0.696. The van der Waals surface area contributed by atoms with E-state index in [2.05, 4.69) is 46.4 Å². The van der Waals surface area contributed by atoms with E-state index in [1.54, 1.807) is 0 Å². The Hall–Kier alpha value is -2.22. The summed E-state index contributed by atoms with van der Waals surface area (Å²) >= 11 is 0. The predicted molar refractivity (Wildman–Crippen MR) is 99.0 cm³/mol. The number of benzene rings is 2. The van der Waals surface area contributed by atoms with E-state index in [9.17, 15) is 0 Å². The average molecular weight is 322 g/mol. The molecule has 3 rings (SSSR count). The fraction of sp³-hybridized carbons (Fsp3) is 0.364. The molecule has 1 heterocycles. The molecule has 0 amide bonds. The summed E-state index contributed by atoms with van der Waals surface area (Å²) < 4.78 is 12.5. The SMILES string of the molecule is C=CC1(C)CCc2c(C)c(OCc3ccccc3)c(C)c(C)c2O1. The molecule has 1 atom stereocenters. The minimum Gasteiger partial charge on any atom is -0.488 e. The Bertz CT molecular complexity index is 762. The second-order valence-electron chi connectivity index (χ2n) is 6.90. The van der Waals surface area contributed by atoms with Crippen molar-refractivity contribution in [3.63, 3.8) is 0 Å². The molecule has 2 nitrogen and oxygen atoms in total. The highest BCUT2D eigenvalue weighted by Crippen LogP contribution is 2.44. The van der Waals surface area contributed by atoms with Crippen molar-refractivity contribution in [2.24, 2.45) is 0 Å². The van der Waals surface area contributed by atoms with E-state index in [1.165, 1.54) is 22.3 Å². The minimum absolute atomic E-state index is 0.275. The fourth-order valence-corrected chi connectivity index (χ4v) is 3.34. The van der Waals surface area contributed by atoms with Gasteiger partial charge in [0.2, 0.25) is 0 Å². The molecule has 2 heteroatoms. The highest BCUT2D eigenvalue weighted by atomic mass is 16.5. The zero-order valence-electron chi connectivity index (χ0n) is 15.1. The first-order valence-electron chi connectivity index (χ1n) is 8.57. The highest BCUT2D eigenvalue weighted by Gasteiger charge is 2.32. The van der Waals surface area contributed by atoms with Gasteiger partial charge in [-0.3, -0.25) is 0 Å². The number of fused-ring (bicyclic) bond motifs is 1. The van der Waals surface area contributed by atoms with Crippen LogP contribution in [0.25, 0.3) is 0 Å². The van der Waals surface area contributed by atoms with Crippen LogP contribution in [0.3, 0.4) is 0 Å². The van der Waals surface area contributed by atoms with Crippen LogP contribution in [0, 0.1) is 20.8 Å². The van der Waals surface area contributed by atoms with Gasteiger partial charge in [0, 0.05) is 5.56 Å². The van der Waals surface area contributed by atoms with E-state index in [-0.39, 0.29) is 5.60 Å². The first-order valence-corrected chi connectivity index (χ1v) is 8.57. The van der Waals surface area contributed by atoms with Crippen molar-refractivity contribution in [1.82, 2.24) is 0 Å². The van der Waals surface area contributed by atoms with Crippen molar-refractivity contribution in [2.45, 2.75) is 52.7 Å². The van der Waals surface area contributed by atoms with Gasteiger partial charge >= 0.3 is 0 Å². The van der Waals surface area contributed by atoms with Crippen LogP contribution in [-0.4, -0.2) is 5.60 Å². The van der Waals surface area contributed by atoms with E-state index >= 15 is 0 Å². The molecule has 24 heavy (non-hydrogen) atoms. The lowest BCUT2D eigenvalue weighted by Gasteiger charge is -2.36. The summed E-state index contributed by atoms with van der Waals surface area (Å²) in [4.78, 5) is 0. The second-order valence-corrected chi connectivity index (χ2v) is 6.90. The molecule has 1 unspecified atom stereocenters. The van der Waals surface area contributed by atoms with Crippen LogP contribution < -0.4 is 9.47 Å². The summed E-state index contributed by atoms with van der Waals surface area (Å²) in [6.45, 7) is 13.0. The highest BCUT2D eigenvalue weighted by molar-refractivity contribution is 5.59. The molecular weight excluding hydrogens is 296 g/mol. The molecule has 2 aromatic carbocycles. The van der Waals surface area contributed by atoms with E-state index < -0.39 is 0 Å². The fourth-order valence-electron chi connectivity index (χ4n) is 3.34. The molecule has 0 bridgehead atoms. The molecular formula is C22H26O2. The minimum atomic E-state index is -0.275. The third-order valence-corrected chi connectivity index (χ3v) is 5.18. The van der Waals surface area contributed by atoms with Crippen molar-refractivity contribution in [2.75, 3.05) is 0 Å². The second kappa shape index (κ2) is 6.35. The van der Waals surface area contributed by atoms with Crippen LogP contribution in [-0.2, 0) is 13.0 Å². The zero-order valence-corrected chi connectivity index (χ0v) is 15.1. The Morgan fingerprint density at radius 3 is 2.50 bits per heavy atom. The first-order chi connectivity index (χ1) is 11.4. The van der Waals surface area contributed by atoms with Crippen molar-refractivity contribution < 1.29 is 9.47 Å². The van der Waals surface area contributed by atoms with E-state index in [4.69, 9.17) is 9.47 Å². The maximum atomic E-state index is 6.31. The lowest BCUT2D eigenvalue weighted by atomic mass is 9.87. The van der Waals surface area contributed by atoms with Crippen LogP contribution >= 0.6 is 0 Å². The Morgan fingerprint density at radius 1 is 1.12 bits per heavy atom. The van der Waals surface area contributed by atoms with Crippen LogP contribution in [0.5, 0.6) is 11.5 Å². The van der Waals surface area contributed by atoms with Crippen LogP contribution in [0.1, 0.15) is 41.2 Å². The van der Waals surface area contributed by atoms with Gasteiger partial charge in [-0.05, 0) is 68.9 Å². The molecule has 0 N–H and O–H groups in total. The van der Waals surface area contributed by atoms with E-state index in [0.717, 1.165) is 29.9 Å². The standard InChI is InChI=1S/C22H26O2/c1-6-22(5)13-12-19-17(4)20(15(2)16(3)21(19)24-22)23-14-18-10-8-7-9-11-18/h6-11H,1,12-14H2,2-5H3. The molecule has 1 aliphatic rings. The van der Waals surface area contributed by atoms with Crippen molar-refractivity contribution in [3.05, 3.63) is 70.8 Å². The van der Waals surface area contributed by atoms with Crippen LogP contribution in [0.2, 0.25) is 0 Å². The summed E-state index contributed by atoms with van der Waals surface area (Å²) in [5, 5.41) is 0. The topological polar surface area (TPSA) is 18.5 Å². The van der Waals surface area contributed by atoms with Crippen LogP contribution in [0.15, 0.2) is 43.0 Å². The molecule has 0 aromatic heterocycles. The summed E-state index contributed by atoms with van der Waals surface area (Å²) in [6, 6.07) is 10.3. The Morgan fingerprint density at radius 2 is 1.83 bits per heavy atom. The van der Waals surface area contributed by atoms with Gasteiger partial charge in [-0.1, -0.05) is 36.9 Å². The number of rotatable bonds is 4. The summed E-state index contributed by atoms with van der Waals surface area (Å²) in [7, 11) is 0. The van der Waals surface area contributed by atoms with Gasteiger partial charge in [0.25, 0.3) is 0 Å². The molecule has 0 saturated heterocycles. The molecule has 0 spiro atoms. The summed E-state index contributed by atoms with van der Waals surface area (Å²) in [5.74, 6) is 2.02. The zero-order chi connectivity index (χ0) is 17.3. The number of hydrogen-bond acceptors (Lipinski definition) is 2. The molecule has 0 radical (unpaired) electrons. The predicted octanol–water partition coefficient (Wildman–Crippen LogP) is 5.46. The normalized spacial score (nSPS) is 19.3. The van der Waals surface area contributed by atoms with E-state index in [0.29, 0.717) is 6.61 Å². The monoisotopic (exact) mass is 322 g/mol.